The molecular weight excluding hydrogens is 348 g/mol. The van der Waals surface area contributed by atoms with Crippen molar-refractivity contribution in [2.24, 2.45) is 11.3 Å². The molecule has 1 fully saturated rings. The zero-order chi connectivity index (χ0) is 19.7. The number of nitrogens with zero attached hydrogens (tertiary/aromatic N) is 3. The lowest BCUT2D eigenvalue weighted by molar-refractivity contribution is -0.119. The molecule has 148 valence electrons. The summed E-state index contributed by atoms with van der Waals surface area (Å²) in [5, 5.41) is 7.84. The molecule has 0 aromatic carbocycles. The second-order valence-electron chi connectivity index (χ2n) is 8.60. The number of fused-ring (bicyclic) bond motifs is 2. The van der Waals surface area contributed by atoms with Crippen LogP contribution in [0.5, 0.6) is 0 Å². The maximum atomic E-state index is 11.6. The minimum absolute atomic E-state index is 0.0843. The predicted octanol–water partition coefficient (Wildman–Crippen LogP) is 4.32. The standard InChI is InChI=1S/C23H30N4O/c1-4-6-20(26-16(2)28)11-18-8-9-19-12-22-17(13-23(18,19)3)14-25-27(22)21-7-5-10-24-15-21/h5,7,10,12,14-15,18,20H,4,6,8-9,11,13H2,1-3H3,(H,26,28)/t18-,20?,23-/m1/s1. The molecule has 1 amide bonds. The Morgan fingerprint density at radius 2 is 2.29 bits per heavy atom. The third-order valence-electron chi connectivity index (χ3n) is 6.66. The van der Waals surface area contributed by atoms with E-state index in [1.807, 2.05) is 29.2 Å². The second-order valence-corrected chi connectivity index (χ2v) is 8.60. The van der Waals surface area contributed by atoms with Crippen LogP contribution in [0.3, 0.4) is 0 Å². The first kappa shape index (κ1) is 18.9. The Morgan fingerprint density at radius 1 is 1.43 bits per heavy atom. The van der Waals surface area contributed by atoms with Gasteiger partial charge in [-0.25, -0.2) is 4.68 Å². The number of hydrogen-bond acceptors (Lipinski definition) is 3. The van der Waals surface area contributed by atoms with Gasteiger partial charge >= 0.3 is 0 Å². The number of allylic oxidation sites excluding steroid dienone is 1. The van der Waals surface area contributed by atoms with Gasteiger partial charge in [0.2, 0.25) is 5.91 Å². The zero-order valence-corrected chi connectivity index (χ0v) is 17.1. The van der Waals surface area contributed by atoms with E-state index in [1.54, 1.807) is 13.1 Å². The normalized spacial score (nSPS) is 24.2. The molecule has 5 heteroatoms. The first-order valence-corrected chi connectivity index (χ1v) is 10.5. The maximum Gasteiger partial charge on any atom is 0.217 e. The van der Waals surface area contributed by atoms with Gasteiger partial charge in [0.25, 0.3) is 0 Å². The van der Waals surface area contributed by atoms with Gasteiger partial charge in [-0.2, -0.15) is 5.10 Å². The van der Waals surface area contributed by atoms with Gasteiger partial charge in [-0.05, 0) is 67.2 Å². The van der Waals surface area contributed by atoms with Crippen LogP contribution in [-0.4, -0.2) is 26.7 Å². The average Bonchev–Trinajstić information content (AvgIpc) is 3.20. The summed E-state index contributed by atoms with van der Waals surface area (Å²) in [6, 6.07) is 4.28. The second kappa shape index (κ2) is 7.53. The van der Waals surface area contributed by atoms with Crippen molar-refractivity contribution in [3.8, 4) is 5.69 Å². The molecule has 2 aromatic rings. The zero-order valence-electron chi connectivity index (χ0n) is 17.1. The topological polar surface area (TPSA) is 59.8 Å². The van der Waals surface area contributed by atoms with E-state index in [0.29, 0.717) is 5.92 Å². The highest BCUT2D eigenvalue weighted by Crippen LogP contribution is 2.54. The molecule has 0 radical (unpaired) electrons. The Kier molecular flexibility index (Phi) is 5.09. The Labute approximate surface area is 167 Å². The number of pyridine rings is 1. The van der Waals surface area contributed by atoms with E-state index in [-0.39, 0.29) is 17.4 Å². The Bertz CT molecular complexity index is 885. The van der Waals surface area contributed by atoms with Crippen LogP contribution in [0, 0.1) is 11.3 Å². The highest BCUT2D eigenvalue weighted by atomic mass is 16.1. The van der Waals surface area contributed by atoms with Gasteiger partial charge < -0.3 is 5.32 Å². The molecule has 2 heterocycles. The molecule has 1 saturated carbocycles. The van der Waals surface area contributed by atoms with Crippen LogP contribution < -0.4 is 5.32 Å². The monoisotopic (exact) mass is 378 g/mol. The van der Waals surface area contributed by atoms with Gasteiger partial charge in [-0.3, -0.25) is 9.78 Å². The van der Waals surface area contributed by atoms with Crippen LogP contribution >= 0.6 is 0 Å². The van der Waals surface area contributed by atoms with Gasteiger partial charge in [0, 0.05) is 19.2 Å². The Hall–Kier alpha value is -2.43. The molecule has 3 atom stereocenters. The molecule has 2 aromatic heterocycles. The number of amides is 1. The summed E-state index contributed by atoms with van der Waals surface area (Å²) >= 11 is 0. The Balaban J connectivity index is 1.59. The lowest BCUT2D eigenvalue weighted by atomic mass is 9.68. The number of carbonyl (C=O) groups is 1. The van der Waals surface area contributed by atoms with E-state index < -0.39 is 0 Å². The lowest BCUT2D eigenvalue weighted by Crippen LogP contribution is -2.38. The van der Waals surface area contributed by atoms with Crippen molar-refractivity contribution >= 4 is 12.0 Å². The number of nitrogens with one attached hydrogen (secondary N) is 1. The fraction of sp³-hybridized carbons (Fsp3) is 0.522. The largest absolute Gasteiger partial charge is 0.354 e. The molecule has 0 spiro atoms. The van der Waals surface area contributed by atoms with E-state index in [2.05, 4.69) is 35.3 Å². The molecule has 28 heavy (non-hydrogen) atoms. The number of rotatable bonds is 6. The van der Waals surface area contributed by atoms with E-state index in [0.717, 1.165) is 37.8 Å². The first-order valence-electron chi connectivity index (χ1n) is 10.5. The fourth-order valence-electron chi connectivity index (χ4n) is 5.22. The van der Waals surface area contributed by atoms with E-state index >= 15 is 0 Å². The van der Waals surface area contributed by atoms with Crippen LogP contribution in [0.2, 0.25) is 0 Å². The van der Waals surface area contributed by atoms with Crippen molar-refractivity contribution < 1.29 is 4.79 Å². The van der Waals surface area contributed by atoms with Crippen LogP contribution in [0.25, 0.3) is 11.8 Å². The van der Waals surface area contributed by atoms with Crippen molar-refractivity contribution in [1.82, 2.24) is 20.1 Å². The molecule has 0 bridgehead atoms. The molecule has 1 unspecified atom stereocenters. The molecule has 0 aliphatic heterocycles. The number of carbonyl (C=O) groups excluding carboxylic acids is 1. The third-order valence-corrected chi connectivity index (χ3v) is 6.66. The summed E-state index contributed by atoms with van der Waals surface area (Å²) in [5.41, 5.74) is 5.23. The molecular formula is C23H30N4O. The van der Waals surface area contributed by atoms with Crippen molar-refractivity contribution in [3.05, 3.63) is 47.6 Å². The fourth-order valence-corrected chi connectivity index (χ4v) is 5.22. The van der Waals surface area contributed by atoms with Crippen molar-refractivity contribution in [1.29, 1.82) is 0 Å². The van der Waals surface area contributed by atoms with Crippen molar-refractivity contribution in [2.45, 2.75) is 65.3 Å². The number of aromatic nitrogens is 3. The van der Waals surface area contributed by atoms with Gasteiger partial charge in [-0.1, -0.05) is 25.8 Å². The smallest absolute Gasteiger partial charge is 0.217 e. The van der Waals surface area contributed by atoms with E-state index in [9.17, 15) is 4.79 Å². The summed E-state index contributed by atoms with van der Waals surface area (Å²) in [4.78, 5) is 15.9. The molecule has 0 saturated heterocycles. The summed E-state index contributed by atoms with van der Waals surface area (Å²) in [5.74, 6) is 0.679. The van der Waals surface area contributed by atoms with Gasteiger partial charge in [0.05, 0.1) is 23.8 Å². The minimum atomic E-state index is 0.0843. The highest BCUT2D eigenvalue weighted by Gasteiger charge is 2.46. The molecule has 2 aliphatic carbocycles. The van der Waals surface area contributed by atoms with Crippen LogP contribution in [0.15, 0.2) is 36.3 Å². The summed E-state index contributed by atoms with van der Waals surface area (Å²) in [7, 11) is 0. The molecule has 1 N–H and O–H groups in total. The van der Waals surface area contributed by atoms with Gasteiger partial charge in [0.1, 0.15) is 0 Å². The first-order chi connectivity index (χ1) is 13.5. The van der Waals surface area contributed by atoms with Crippen molar-refractivity contribution in [3.63, 3.8) is 0 Å². The lowest BCUT2D eigenvalue weighted by Gasteiger charge is -2.37. The highest BCUT2D eigenvalue weighted by molar-refractivity contribution is 5.73. The Morgan fingerprint density at radius 3 is 3.00 bits per heavy atom. The van der Waals surface area contributed by atoms with Crippen LogP contribution in [0.4, 0.5) is 0 Å². The summed E-state index contributed by atoms with van der Waals surface area (Å²) in [6.45, 7) is 6.23. The van der Waals surface area contributed by atoms with E-state index in [1.165, 1.54) is 23.3 Å². The van der Waals surface area contributed by atoms with Gasteiger partial charge in [0.15, 0.2) is 0 Å². The minimum Gasteiger partial charge on any atom is -0.354 e. The van der Waals surface area contributed by atoms with E-state index in [4.69, 9.17) is 0 Å². The van der Waals surface area contributed by atoms with Crippen molar-refractivity contribution in [2.75, 3.05) is 0 Å². The third kappa shape index (κ3) is 3.38. The molecule has 5 nitrogen and oxygen atoms in total. The van der Waals surface area contributed by atoms with Gasteiger partial charge in [-0.15, -0.1) is 0 Å². The SMILES string of the molecule is CCCC(C[C@H]1CCC2=Cc3c(cnn3-c3cccnc3)C[C@@]21C)NC(C)=O. The molecule has 4 rings (SSSR count). The maximum absolute atomic E-state index is 11.6. The van der Waals surface area contributed by atoms with Crippen LogP contribution in [0.1, 0.15) is 64.1 Å². The quantitative estimate of drug-likeness (QED) is 0.814. The number of hydrogen-bond donors (Lipinski definition) is 1. The molecule has 2 aliphatic rings. The summed E-state index contributed by atoms with van der Waals surface area (Å²) < 4.78 is 2.01. The van der Waals surface area contributed by atoms with Crippen LogP contribution in [-0.2, 0) is 11.2 Å². The average molecular weight is 379 g/mol. The predicted molar refractivity (Wildman–Crippen MR) is 111 cm³/mol. The summed E-state index contributed by atoms with van der Waals surface area (Å²) in [6.07, 6.45) is 14.6.